The Labute approximate surface area is 174 Å². The highest BCUT2D eigenvalue weighted by Crippen LogP contribution is 2.34. The monoisotopic (exact) mass is 380 g/mol. The highest BCUT2D eigenvalue weighted by Gasteiger charge is 2.25. The van der Waals surface area contributed by atoms with E-state index in [2.05, 4.69) is 112 Å². The van der Waals surface area contributed by atoms with Gasteiger partial charge in [-0.05, 0) is 47.8 Å². The molecule has 1 atom stereocenters. The molecule has 0 saturated heterocycles. The highest BCUT2D eigenvalue weighted by atomic mass is 15.4. The van der Waals surface area contributed by atoms with Crippen molar-refractivity contribution < 1.29 is 0 Å². The third kappa shape index (κ3) is 4.02. The first kappa shape index (κ1) is 19.2. The Hall–Kier alpha value is -3.13. The highest BCUT2D eigenvalue weighted by molar-refractivity contribution is 5.82. The minimum atomic E-state index is -0.0649. The minimum Gasteiger partial charge on any atom is -0.242 e. The van der Waals surface area contributed by atoms with Crippen LogP contribution in [0.1, 0.15) is 42.5 Å². The van der Waals surface area contributed by atoms with Crippen molar-refractivity contribution in [1.82, 2.24) is 5.01 Å². The van der Waals surface area contributed by atoms with E-state index < -0.39 is 0 Å². The van der Waals surface area contributed by atoms with E-state index in [0.29, 0.717) is 5.92 Å². The van der Waals surface area contributed by atoms with Gasteiger partial charge in [-0.1, -0.05) is 86.7 Å². The maximum Gasteiger partial charge on any atom is 0.0611 e. The molecule has 2 aromatic carbocycles. The molecule has 0 aromatic heterocycles. The van der Waals surface area contributed by atoms with Crippen LogP contribution in [0.3, 0.4) is 0 Å². The molecule has 1 unspecified atom stereocenters. The van der Waals surface area contributed by atoms with E-state index in [4.69, 9.17) is 5.10 Å². The molecule has 1 heterocycles. The topological polar surface area (TPSA) is 15.6 Å². The molecule has 2 aromatic rings. The van der Waals surface area contributed by atoms with Crippen LogP contribution in [0.15, 0.2) is 102 Å². The van der Waals surface area contributed by atoms with E-state index in [1.807, 2.05) is 11.2 Å². The number of fused-ring (bicyclic) bond motifs is 1. The predicted octanol–water partition coefficient (Wildman–Crippen LogP) is 6.50. The van der Waals surface area contributed by atoms with Gasteiger partial charge in [-0.25, -0.2) is 5.01 Å². The van der Waals surface area contributed by atoms with Crippen LogP contribution in [0.5, 0.6) is 0 Å². The van der Waals surface area contributed by atoms with Crippen molar-refractivity contribution >= 4 is 6.21 Å². The van der Waals surface area contributed by atoms with Crippen LogP contribution < -0.4 is 0 Å². The number of hydrogen-bond donors (Lipinski definition) is 0. The first-order valence-corrected chi connectivity index (χ1v) is 10.3. The van der Waals surface area contributed by atoms with Gasteiger partial charge >= 0.3 is 0 Å². The van der Waals surface area contributed by atoms with E-state index in [9.17, 15) is 0 Å². The lowest BCUT2D eigenvalue weighted by molar-refractivity contribution is 0.499. The predicted molar refractivity (Wildman–Crippen MR) is 123 cm³/mol. The SMILES string of the molecule is Cc1c(/C=N/N2C=CC3C=C2/C=C\C/C=C\3)cccc1C(C)(C)c1ccccc1. The molecule has 2 heteroatoms. The second-order valence-electron chi connectivity index (χ2n) is 8.18. The van der Waals surface area contributed by atoms with Gasteiger partial charge in [-0.2, -0.15) is 5.10 Å². The van der Waals surface area contributed by atoms with Gasteiger partial charge in [-0.15, -0.1) is 0 Å². The number of allylic oxidation sites excluding steroid dienone is 6. The quantitative estimate of drug-likeness (QED) is 0.436. The molecule has 146 valence electrons. The van der Waals surface area contributed by atoms with Gasteiger partial charge in [0.15, 0.2) is 0 Å². The van der Waals surface area contributed by atoms with E-state index in [1.54, 1.807) is 0 Å². The average Bonchev–Trinajstić information content (AvgIpc) is 2.72. The summed E-state index contributed by atoms with van der Waals surface area (Å²) in [7, 11) is 0. The van der Waals surface area contributed by atoms with E-state index >= 15 is 0 Å². The largest absolute Gasteiger partial charge is 0.242 e. The van der Waals surface area contributed by atoms with Gasteiger partial charge < -0.3 is 0 Å². The summed E-state index contributed by atoms with van der Waals surface area (Å²) in [4.78, 5) is 0. The molecule has 29 heavy (non-hydrogen) atoms. The fourth-order valence-electron chi connectivity index (χ4n) is 4.06. The molecule has 0 spiro atoms. The number of hydrogen-bond acceptors (Lipinski definition) is 2. The molecular formula is C27H28N2. The lowest BCUT2D eigenvalue weighted by Crippen LogP contribution is -2.21. The summed E-state index contributed by atoms with van der Waals surface area (Å²) >= 11 is 0. The molecule has 0 radical (unpaired) electrons. The molecule has 4 rings (SSSR count). The van der Waals surface area contributed by atoms with Crippen molar-refractivity contribution in [3.05, 3.63) is 119 Å². The molecule has 2 nitrogen and oxygen atoms in total. The molecule has 1 aliphatic carbocycles. The molecule has 0 amide bonds. The van der Waals surface area contributed by atoms with Gasteiger partial charge in [0.25, 0.3) is 0 Å². The number of hydrazone groups is 1. The summed E-state index contributed by atoms with van der Waals surface area (Å²) in [6, 6.07) is 17.2. The zero-order valence-corrected chi connectivity index (χ0v) is 17.4. The lowest BCUT2D eigenvalue weighted by Gasteiger charge is -2.28. The summed E-state index contributed by atoms with van der Waals surface area (Å²) in [6.07, 6.45) is 18.2. The van der Waals surface area contributed by atoms with Crippen LogP contribution in [0, 0.1) is 12.8 Å². The minimum absolute atomic E-state index is 0.0649. The number of rotatable bonds is 4. The maximum atomic E-state index is 4.78. The van der Waals surface area contributed by atoms with Crippen LogP contribution in [0.2, 0.25) is 0 Å². The van der Waals surface area contributed by atoms with Crippen LogP contribution >= 0.6 is 0 Å². The number of nitrogens with zero attached hydrogens (tertiary/aromatic N) is 2. The first-order chi connectivity index (χ1) is 14.1. The zero-order chi connectivity index (χ0) is 20.3. The zero-order valence-electron chi connectivity index (χ0n) is 17.4. The number of benzene rings is 2. The Bertz CT molecular complexity index is 1020. The van der Waals surface area contributed by atoms with Gasteiger partial charge in [0.2, 0.25) is 0 Å². The van der Waals surface area contributed by atoms with Crippen molar-refractivity contribution in [3.8, 4) is 0 Å². The average molecular weight is 381 g/mol. The van der Waals surface area contributed by atoms with Crippen LogP contribution in [0.25, 0.3) is 0 Å². The van der Waals surface area contributed by atoms with Gasteiger partial charge in [-0.3, -0.25) is 0 Å². The Balaban J connectivity index is 1.63. The van der Waals surface area contributed by atoms with Crippen LogP contribution in [-0.2, 0) is 5.41 Å². The third-order valence-electron chi connectivity index (χ3n) is 5.86. The maximum absolute atomic E-state index is 4.78. The van der Waals surface area contributed by atoms with Crippen molar-refractivity contribution in [1.29, 1.82) is 0 Å². The van der Waals surface area contributed by atoms with Crippen molar-refractivity contribution in [2.24, 2.45) is 11.0 Å². The smallest absolute Gasteiger partial charge is 0.0611 e. The summed E-state index contributed by atoms with van der Waals surface area (Å²) < 4.78 is 0. The second-order valence-corrected chi connectivity index (χ2v) is 8.18. The van der Waals surface area contributed by atoms with Crippen LogP contribution in [0.4, 0.5) is 0 Å². The fourth-order valence-corrected chi connectivity index (χ4v) is 4.06. The standard InChI is InChI=1S/C27H28N2/c1-21-23(12-10-16-26(21)27(2,3)24-13-7-5-8-14-24)20-28-29-18-17-22-11-6-4-9-15-25(29)19-22/h5-20,22H,4H2,1-3H3/b11-6-,15-9-,28-20+. The molecule has 2 bridgehead atoms. The Morgan fingerprint density at radius 2 is 1.83 bits per heavy atom. The van der Waals surface area contributed by atoms with Crippen molar-refractivity contribution in [2.75, 3.05) is 0 Å². The lowest BCUT2D eigenvalue weighted by atomic mass is 9.75. The molecule has 1 aliphatic heterocycles. The molecule has 0 saturated carbocycles. The molecule has 0 fully saturated rings. The molecule has 0 N–H and O–H groups in total. The summed E-state index contributed by atoms with van der Waals surface area (Å²) in [5.74, 6) is 0.359. The van der Waals surface area contributed by atoms with E-state index in [-0.39, 0.29) is 5.41 Å². The molecular weight excluding hydrogens is 352 g/mol. The summed E-state index contributed by atoms with van der Waals surface area (Å²) in [5.41, 5.74) is 6.13. The Morgan fingerprint density at radius 1 is 1.00 bits per heavy atom. The van der Waals surface area contributed by atoms with E-state index in [1.165, 1.54) is 16.7 Å². The summed E-state index contributed by atoms with van der Waals surface area (Å²) in [6.45, 7) is 6.77. The van der Waals surface area contributed by atoms with Gasteiger partial charge in [0, 0.05) is 17.5 Å². The van der Waals surface area contributed by atoms with E-state index in [0.717, 1.165) is 17.7 Å². The fraction of sp³-hybridized carbons (Fsp3) is 0.222. The Morgan fingerprint density at radius 3 is 2.66 bits per heavy atom. The van der Waals surface area contributed by atoms with Crippen LogP contribution in [-0.4, -0.2) is 11.2 Å². The van der Waals surface area contributed by atoms with Crippen molar-refractivity contribution in [2.45, 2.75) is 32.6 Å². The Kier molecular flexibility index (Phi) is 5.35. The first-order valence-electron chi connectivity index (χ1n) is 10.3. The van der Waals surface area contributed by atoms with Gasteiger partial charge in [0.05, 0.1) is 11.9 Å². The summed E-state index contributed by atoms with van der Waals surface area (Å²) in [5, 5.41) is 6.74. The van der Waals surface area contributed by atoms with Gasteiger partial charge in [0.1, 0.15) is 0 Å². The molecule has 2 aliphatic rings. The second kappa shape index (κ2) is 8.08. The normalized spacial score (nSPS) is 20.9. The third-order valence-corrected chi connectivity index (χ3v) is 5.86. The van der Waals surface area contributed by atoms with Crippen molar-refractivity contribution in [3.63, 3.8) is 0 Å².